The molecule has 0 amide bonds. The molecular weight excluding hydrogens is 672 g/mol. The summed E-state index contributed by atoms with van der Waals surface area (Å²) >= 11 is 1.36. The fourth-order valence-electron chi connectivity index (χ4n) is 6.77. The fraction of sp³-hybridized carbons (Fsp3) is 0.130. The Labute approximate surface area is 304 Å². The predicted molar refractivity (Wildman–Crippen MR) is 212 cm³/mol. The summed E-state index contributed by atoms with van der Waals surface area (Å²) in [4.78, 5) is 0. The van der Waals surface area contributed by atoms with Crippen LogP contribution in [0.3, 0.4) is 0 Å². The van der Waals surface area contributed by atoms with Crippen LogP contribution >= 0.6 is 0 Å². The van der Waals surface area contributed by atoms with Gasteiger partial charge in [0.2, 0.25) is 0 Å². The number of aryl methyl sites for hydroxylation is 3. The quantitative estimate of drug-likeness (QED) is 0.126. The van der Waals surface area contributed by atoms with E-state index in [1.807, 2.05) is 0 Å². The van der Waals surface area contributed by atoms with E-state index in [2.05, 4.69) is 175 Å². The van der Waals surface area contributed by atoms with E-state index in [1.54, 1.807) is 0 Å². The molecule has 48 heavy (non-hydrogen) atoms. The van der Waals surface area contributed by atoms with E-state index < -0.39 is 0 Å². The molecule has 0 heterocycles. The van der Waals surface area contributed by atoms with Crippen molar-refractivity contribution in [1.82, 2.24) is 0 Å². The van der Waals surface area contributed by atoms with Gasteiger partial charge in [-0.05, 0) is 45.5 Å². The molecule has 0 aliphatic rings. The van der Waals surface area contributed by atoms with E-state index >= 15 is 0 Å². The summed E-state index contributed by atoms with van der Waals surface area (Å²) in [5.41, 5.74) is 10.9. The number of benzene rings is 6. The third kappa shape index (κ3) is 7.12. The second-order valence-corrected chi connectivity index (χ2v) is 12.5. The molecule has 8 rings (SSSR count). The standard InChI is InChI=1S/2C22H19.2CH3.Si.Zr/c1-14-11-20-16(3)15(2)13-22(21(20)12-14)19-10-6-8-17-7-4-5-9-18(17)19;1-15(2)18-13-17-9-6-12-21(22(17)14-18)20-11-5-8-16-7-3-4-10-19(16)20;;;;/h4-13H,1-3H3;3-15H,1-2H3;2*1H3;;/q4*-1;;. The molecule has 0 N–H and O–H groups in total. The van der Waals surface area contributed by atoms with Gasteiger partial charge in [-0.15, -0.1) is 62.5 Å². The second-order valence-electron chi connectivity index (χ2n) is 12.5. The van der Waals surface area contributed by atoms with Gasteiger partial charge < -0.3 is 14.9 Å². The Bertz CT molecular complexity index is 2300. The predicted octanol–water partition coefficient (Wildman–Crippen LogP) is 13.3. The van der Waals surface area contributed by atoms with Crippen LogP contribution in [0.4, 0.5) is 0 Å². The molecule has 8 aromatic rings. The molecule has 240 valence electrons. The van der Waals surface area contributed by atoms with Gasteiger partial charge in [-0.25, -0.2) is 0 Å². The SMILES string of the molecule is CC(C)c1cc2c(-c3cccc4ccccc34)cccc2[cH-]1.Cc1cc2c(-c3cccc4ccccc34)cc(C)c(C)c2[cH-]1.[CH3-].[CH3-].[Si]=[Zr]. The number of rotatable bonds is 3. The molecule has 0 bridgehead atoms. The van der Waals surface area contributed by atoms with Gasteiger partial charge in [-0.3, -0.25) is 0 Å². The topological polar surface area (TPSA) is 0 Å². The van der Waals surface area contributed by atoms with Crippen LogP contribution in [0.1, 0.15) is 42.0 Å². The van der Waals surface area contributed by atoms with Gasteiger partial charge in [0.25, 0.3) is 0 Å². The maximum absolute atomic E-state index is 3.06. The van der Waals surface area contributed by atoms with Crippen LogP contribution < -0.4 is 0 Å². The average molecular weight is 716 g/mol. The van der Waals surface area contributed by atoms with Crippen LogP contribution in [0.5, 0.6) is 0 Å². The first-order valence-corrected chi connectivity index (χ1v) is 20.2. The monoisotopic (exact) mass is 714 g/mol. The summed E-state index contributed by atoms with van der Waals surface area (Å²) in [5.74, 6) is 0.563. The van der Waals surface area contributed by atoms with Crippen LogP contribution in [0.25, 0.3) is 65.3 Å². The molecule has 0 aromatic heterocycles. The molecule has 8 aromatic carbocycles. The van der Waals surface area contributed by atoms with E-state index in [1.165, 1.54) is 111 Å². The van der Waals surface area contributed by atoms with Gasteiger partial charge in [0.15, 0.2) is 0 Å². The van der Waals surface area contributed by atoms with Crippen molar-refractivity contribution in [1.29, 1.82) is 0 Å². The molecule has 0 saturated heterocycles. The van der Waals surface area contributed by atoms with Gasteiger partial charge >= 0.3 is 30.2 Å². The first kappa shape index (κ1) is 37.0. The molecule has 0 fully saturated rings. The third-order valence-corrected chi connectivity index (χ3v) is 9.28. The summed E-state index contributed by atoms with van der Waals surface area (Å²) in [7, 11) is 0. The summed E-state index contributed by atoms with van der Waals surface area (Å²) < 4.78 is 0. The van der Waals surface area contributed by atoms with E-state index in [-0.39, 0.29) is 14.9 Å². The number of hydrogen-bond donors (Lipinski definition) is 0. The summed E-state index contributed by atoms with van der Waals surface area (Å²) in [6.07, 6.45) is 0. The Balaban J connectivity index is 0.000000198. The molecule has 0 saturated carbocycles. The summed E-state index contributed by atoms with van der Waals surface area (Å²) in [6.45, 7) is 14.2. The summed E-state index contributed by atoms with van der Waals surface area (Å²) in [5, 5.41) is 10.7. The van der Waals surface area contributed by atoms with Crippen molar-refractivity contribution in [3.8, 4) is 22.3 Å². The number of fused-ring (bicyclic) bond motifs is 4. The third-order valence-electron chi connectivity index (χ3n) is 9.28. The first-order chi connectivity index (χ1) is 22.4. The zero-order chi connectivity index (χ0) is 32.4. The molecule has 0 unspecified atom stereocenters. The van der Waals surface area contributed by atoms with Crippen molar-refractivity contribution >= 4 is 50.0 Å². The zero-order valence-electron chi connectivity index (χ0n) is 29.3. The van der Waals surface area contributed by atoms with Gasteiger partial charge in [0.1, 0.15) is 0 Å². The molecular formula is C46H44SiZr-4. The van der Waals surface area contributed by atoms with Crippen LogP contribution in [-0.2, 0) is 23.3 Å². The first-order valence-electron chi connectivity index (χ1n) is 16.0. The van der Waals surface area contributed by atoms with Crippen LogP contribution in [0.15, 0.2) is 133 Å². The zero-order valence-corrected chi connectivity index (χ0v) is 32.7. The molecule has 0 atom stereocenters. The Morgan fingerprint density at radius 3 is 1.60 bits per heavy atom. The maximum atomic E-state index is 3.06. The number of hydrogen-bond acceptors (Lipinski definition) is 0. The minimum absolute atomic E-state index is 0. The van der Waals surface area contributed by atoms with E-state index in [0.29, 0.717) is 5.92 Å². The van der Waals surface area contributed by atoms with Crippen LogP contribution in [-0.4, -0.2) is 6.88 Å². The van der Waals surface area contributed by atoms with E-state index in [4.69, 9.17) is 0 Å². The normalized spacial score (nSPS) is 10.6. The Kier molecular flexibility index (Phi) is 12.4. The van der Waals surface area contributed by atoms with Crippen LogP contribution in [0.2, 0.25) is 0 Å². The Morgan fingerprint density at radius 2 is 1.02 bits per heavy atom. The van der Waals surface area contributed by atoms with Crippen molar-refractivity contribution in [2.45, 2.75) is 40.5 Å². The van der Waals surface area contributed by atoms with E-state index in [9.17, 15) is 0 Å². The van der Waals surface area contributed by atoms with Crippen molar-refractivity contribution in [3.63, 3.8) is 0 Å². The Hall–Kier alpha value is -3.84. The minimum atomic E-state index is 0. The molecule has 0 aliphatic carbocycles. The van der Waals surface area contributed by atoms with E-state index in [0.717, 1.165) is 0 Å². The summed E-state index contributed by atoms with van der Waals surface area (Å²) in [6, 6.07) is 48.7. The molecule has 2 heteroatoms. The van der Waals surface area contributed by atoms with Gasteiger partial charge in [0, 0.05) is 0 Å². The molecule has 0 aliphatic heterocycles. The average Bonchev–Trinajstić information content (AvgIpc) is 3.71. The van der Waals surface area contributed by atoms with Crippen molar-refractivity contribution in [2.75, 3.05) is 0 Å². The van der Waals surface area contributed by atoms with Gasteiger partial charge in [-0.1, -0.05) is 141 Å². The van der Waals surface area contributed by atoms with Crippen LogP contribution in [0, 0.1) is 35.6 Å². The van der Waals surface area contributed by atoms with Gasteiger partial charge in [0.05, 0.1) is 0 Å². The van der Waals surface area contributed by atoms with Crippen molar-refractivity contribution in [2.24, 2.45) is 0 Å². The molecule has 2 radical (unpaired) electrons. The van der Waals surface area contributed by atoms with Gasteiger partial charge in [-0.2, -0.15) is 12.1 Å². The second kappa shape index (κ2) is 16.0. The van der Waals surface area contributed by atoms with Crippen molar-refractivity contribution in [3.05, 3.63) is 171 Å². The van der Waals surface area contributed by atoms with Crippen molar-refractivity contribution < 1.29 is 23.3 Å². The molecule has 0 spiro atoms. The molecule has 0 nitrogen and oxygen atoms in total. The Morgan fingerprint density at radius 1 is 0.521 bits per heavy atom. The fourth-order valence-corrected chi connectivity index (χ4v) is 6.77.